The largest absolute Gasteiger partial charge is 0.315 e. The van der Waals surface area contributed by atoms with E-state index in [1.165, 1.54) is 0 Å². The van der Waals surface area contributed by atoms with Crippen LogP contribution in [0, 0.1) is 11.3 Å². The number of rotatable bonds is 2. The van der Waals surface area contributed by atoms with Gasteiger partial charge in [0.2, 0.25) is 5.28 Å². The number of nitrogens with one attached hydrogen (secondary N) is 1. The molecule has 2 rings (SSSR count). The third-order valence-electron chi connectivity index (χ3n) is 2.72. The van der Waals surface area contributed by atoms with Crippen LogP contribution in [0.25, 0.3) is 0 Å². The number of nitriles is 1. The number of imidazole rings is 1. The number of halogens is 1. The molecule has 15 heavy (non-hydrogen) atoms. The molecule has 0 amide bonds. The van der Waals surface area contributed by atoms with E-state index in [9.17, 15) is 0 Å². The first kappa shape index (κ1) is 10.5. The van der Waals surface area contributed by atoms with Crippen molar-refractivity contribution in [3.05, 3.63) is 17.2 Å². The zero-order valence-electron chi connectivity index (χ0n) is 8.41. The topological polar surface area (TPSA) is 53.6 Å². The van der Waals surface area contributed by atoms with E-state index in [2.05, 4.69) is 16.4 Å². The summed E-state index contributed by atoms with van der Waals surface area (Å²) in [7, 11) is 0. The fourth-order valence-corrected chi connectivity index (χ4v) is 2.32. The Morgan fingerprint density at radius 2 is 2.60 bits per heavy atom. The van der Waals surface area contributed by atoms with Crippen LogP contribution < -0.4 is 5.32 Å². The van der Waals surface area contributed by atoms with Crippen molar-refractivity contribution < 1.29 is 0 Å². The highest BCUT2D eigenvalue weighted by molar-refractivity contribution is 6.28. The fraction of sp³-hybridized carbons (Fsp3) is 0.600. The third kappa shape index (κ3) is 2.14. The molecule has 0 spiro atoms. The highest BCUT2D eigenvalue weighted by Crippen LogP contribution is 2.23. The molecule has 1 saturated heterocycles. The Kier molecular flexibility index (Phi) is 3.24. The fourth-order valence-electron chi connectivity index (χ4n) is 2.02. The van der Waals surface area contributed by atoms with Crippen molar-refractivity contribution in [1.82, 2.24) is 14.9 Å². The summed E-state index contributed by atoms with van der Waals surface area (Å²) in [6.45, 7) is 1.98. The molecule has 0 saturated carbocycles. The van der Waals surface area contributed by atoms with Crippen molar-refractivity contribution >= 4 is 11.6 Å². The standard InChI is InChI=1S/C10H13ClN4/c11-10-14-7-9(3-4-12)15(10)8-2-1-5-13-6-8/h7-8,13H,1-3,5-6H2/t8-/m1/s1. The molecule has 0 radical (unpaired) electrons. The maximum atomic E-state index is 8.70. The number of hydrogen-bond donors (Lipinski definition) is 1. The highest BCUT2D eigenvalue weighted by atomic mass is 35.5. The molecule has 1 aliphatic heterocycles. The van der Waals surface area contributed by atoms with Crippen molar-refractivity contribution in [2.45, 2.75) is 25.3 Å². The van der Waals surface area contributed by atoms with Crippen LogP contribution in [0.3, 0.4) is 0 Å². The second-order valence-electron chi connectivity index (χ2n) is 3.72. The van der Waals surface area contributed by atoms with Gasteiger partial charge in [0.15, 0.2) is 0 Å². The predicted molar refractivity (Wildman–Crippen MR) is 57.7 cm³/mol. The minimum absolute atomic E-state index is 0.345. The van der Waals surface area contributed by atoms with Crippen molar-refractivity contribution in [1.29, 1.82) is 5.26 Å². The van der Waals surface area contributed by atoms with Crippen LogP contribution in [-0.2, 0) is 6.42 Å². The van der Waals surface area contributed by atoms with Crippen LogP contribution >= 0.6 is 11.6 Å². The van der Waals surface area contributed by atoms with E-state index in [0.29, 0.717) is 17.7 Å². The molecule has 2 heterocycles. The lowest BCUT2D eigenvalue weighted by Gasteiger charge is -2.25. The number of aromatic nitrogens is 2. The Bertz CT molecular complexity index is 373. The zero-order chi connectivity index (χ0) is 10.7. The summed E-state index contributed by atoms with van der Waals surface area (Å²) in [5, 5.41) is 12.5. The van der Waals surface area contributed by atoms with E-state index in [0.717, 1.165) is 31.6 Å². The second kappa shape index (κ2) is 4.65. The molecule has 5 heteroatoms. The summed E-state index contributed by atoms with van der Waals surface area (Å²) >= 11 is 6.03. The Hall–Kier alpha value is -1.05. The predicted octanol–water partition coefficient (Wildman–Crippen LogP) is 1.53. The van der Waals surface area contributed by atoms with E-state index < -0.39 is 0 Å². The number of hydrogen-bond acceptors (Lipinski definition) is 3. The molecule has 0 aromatic carbocycles. The molecule has 1 aliphatic rings. The van der Waals surface area contributed by atoms with Crippen molar-refractivity contribution in [3.8, 4) is 6.07 Å². The molecule has 1 fully saturated rings. The zero-order valence-corrected chi connectivity index (χ0v) is 9.17. The molecule has 1 aromatic heterocycles. The first-order valence-electron chi connectivity index (χ1n) is 5.12. The van der Waals surface area contributed by atoms with Crippen LogP contribution in [0.5, 0.6) is 0 Å². The second-order valence-corrected chi connectivity index (χ2v) is 4.06. The van der Waals surface area contributed by atoms with Crippen molar-refractivity contribution in [3.63, 3.8) is 0 Å². The summed E-state index contributed by atoms with van der Waals surface area (Å²) in [6.07, 6.45) is 4.31. The molecule has 1 atom stereocenters. The van der Waals surface area contributed by atoms with Gasteiger partial charge in [0.1, 0.15) is 0 Å². The molecular formula is C10H13ClN4. The van der Waals surface area contributed by atoms with E-state index in [4.69, 9.17) is 16.9 Å². The molecule has 4 nitrogen and oxygen atoms in total. The summed E-state index contributed by atoms with van der Waals surface area (Å²) < 4.78 is 1.98. The van der Waals surface area contributed by atoms with Crippen LogP contribution in [0.4, 0.5) is 0 Å². The van der Waals surface area contributed by atoms with Crippen molar-refractivity contribution in [2.75, 3.05) is 13.1 Å². The van der Waals surface area contributed by atoms with Crippen LogP contribution in [0.15, 0.2) is 6.20 Å². The number of nitrogens with zero attached hydrogens (tertiary/aromatic N) is 3. The first-order chi connectivity index (χ1) is 7.33. The quantitative estimate of drug-likeness (QED) is 0.829. The molecule has 0 aliphatic carbocycles. The summed E-state index contributed by atoms with van der Waals surface area (Å²) in [4.78, 5) is 4.06. The van der Waals surface area contributed by atoms with E-state index in [-0.39, 0.29) is 0 Å². The minimum Gasteiger partial charge on any atom is -0.315 e. The molecule has 1 N–H and O–H groups in total. The maximum Gasteiger partial charge on any atom is 0.203 e. The SMILES string of the molecule is N#CCc1cnc(Cl)n1[C@@H]1CCCNC1. The van der Waals surface area contributed by atoms with Gasteiger partial charge in [-0.2, -0.15) is 5.26 Å². The van der Waals surface area contributed by atoms with Gasteiger partial charge in [0.05, 0.1) is 24.4 Å². The number of piperidine rings is 1. The molecule has 80 valence electrons. The Morgan fingerprint density at radius 1 is 1.73 bits per heavy atom. The van der Waals surface area contributed by atoms with Gasteiger partial charge in [-0.3, -0.25) is 0 Å². The van der Waals surface area contributed by atoms with Crippen molar-refractivity contribution in [2.24, 2.45) is 0 Å². The minimum atomic E-state index is 0.345. The van der Waals surface area contributed by atoms with E-state index in [1.54, 1.807) is 6.20 Å². The van der Waals surface area contributed by atoms with Crippen LogP contribution in [0.2, 0.25) is 5.28 Å². The highest BCUT2D eigenvalue weighted by Gasteiger charge is 2.20. The van der Waals surface area contributed by atoms with E-state index >= 15 is 0 Å². The average Bonchev–Trinajstić information content (AvgIpc) is 2.62. The van der Waals surface area contributed by atoms with E-state index in [1.807, 2.05) is 4.57 Å². The molecular weight excluding hydrogens is 212 g/mol. The Balaban J connectivity index is 2.24. The molecule has 0 bridgehead atoms. The molecule has 1 aromatic rings. The monoisotopic (exact) mass is 224 g/mol. The third-order valence-corrected chi connectivity index (χ3v) is 3.00. The van der Waals surface area contributed by atoms with Gasteiger partial charge in [-0.1, -0.05) is 0 Å². The Morgan fingerprint density at radius 3 is 3.27 bits per heavy atom. The van der Waals surface area contributed by atoms with Gasteiger partial charge in [-0.15, -0.1) is 0 Å². The average molecular weight is 225 g/mol. The smallest absolute Gasteiger partial charge is 0.203 e. The van der Waals surface area contributed by atoms with Gasteiger partial charge >= 0.3 is 0 Å². The lowest BCUT2D eigenvalue weighted by Crippen LogP contribution is -2.32. The normalized spacial score (nSPS) is 21.2. The van der Waals surface area contributed by atoms with Gasteiger partial charge in [0, 0.05) is 12.6 Å². The van der Waals surface area contributed by atoms with Gasteiger partial charge in [0.25, 0.3) is 0 Å². The van der Waals surface area contributed by atoms with Crippen LogP contribution in [-0.4, -0.2) is 22.6 Å². The summed E-state index contributed by atoms with van der Waals surface area (Å²) in [6, 6.07) is 2.48. The Labute approximate surface area is 93.9 Å². The first-order valence-corrected chi connectivity index (χ1v) is 5.50. The summed E-state index contributed by atoms with van der Waals surface area (Å²) in [5.74, 6) is 0. The summed E-state index contributed by atoms with van der Waals surface area (Å²) in [5.41, 5.74) is 0.913. The van der Waals surface area contributed by atoms with Crippen LogP contribution in [0.1, 0.15) is 24.6 Å². The lowest BCUT2D eigenvalue weighted by molar-refractivity contribution is 0.366. The lowest BCUT2D eigenvalue weighted by atomic mass is 10.1. The maximum absolute atomic E-state index is 8.70. The van der Waals surface area contributed by atoms with Gasteiger partial charge < -0.3 is 9.88 Å². The molecule has 0 unspecified atom stereocenters. The van der Waals surface area contributed by atoms with Gasteiger partial charge in [-0.25, -0.2) is 4.98 Å². The van der Waals surface area contributed by atoms with Gasteiger partial charge in [-0.05, 0) is 31.0 Å².